The van der Waals surface area contributed by atoms with Gasteiger partial charge in [-0.15, -0.1) is 21.5 Å². The first-order valence-corrected chi connectivity index (χ1v) is 14.8. The number of ether oxygens (including phenoxy) is 2. The third kappa shape index (κ3) is 5.12. The normalized spacial score (nSPS) is 14.4. The molecule has 1 N–H and O–H groups in total. The second-order valence-electron chi connectivity index (χ2n) is 10.3. The Morgan fingerprint density at radius 3 is 2.80 bits per heavy atom. The first-order chi connectivity index (χ1) is 19.3. The highest BCUT2D eigenvalue weighted by Gasteiger charge is 2.32. The molecule has 2 aromatic carbocycles. The minimum absolute atomic E-state index is 0.0617. The lowest BCUT2D eigenvalue weighted by atomic mass is 9.94. The smallest absolute Gasteiger partial charge is 0.263 e. The van der Waals surface area contributed by atoms with E-state index in [1.54, 1.807) is 29.1 Å². The minimum Gasteiger partial charge on any atom is -0.497 e. The summed E-state index contributed by atoms with van der Waals surface area (Å²) in [7, 11) is 1.59. The molecule has 4 heterocycles. The molecule has 1 amide bonds. The lowest BCUT2D eigenvalue weighted by Crippen LogP contribution is -2.32. The Kier molecular flexibility index (Phi) is 7.11. The molecule has 0 spiro atoms. The number of methoxy groups -OCH3 is 1. The lowest BCUT2D eigenvalue weighted by Gasteiger charge is -2.29. The van der Waals surface area contributed by atoms with Crippen LogP contribution in [0.4, 0.5) is 5.69 Å². The van der Waals surface area contributed by atoms with Crippen LogP contribution >= 0.6 is 23.1 Å². The van der Waals surface area contributed by atoms with Crippen molar-refractivity contribution < 1.29 is 14.3 Å². The summed E-state index contributed by atoms with van der Waals surface area (Å²) in [5.41, 5.74) is 2.41. The second-order valence-corrected chi connectivity index (χ2v) is 12.3. The Morgan fingerprint density at radius 1 is 1.18 bits per heavy atom. The largest absolute Gasteiger partial charge is 0.497 e. The van der Waals surface area contributed by atoms with Crippen molar-refractivity contribution in [3.63, 3.8) is 0 Å². The Labute approximate surface area is 239 Å². The Hall–Kier alpha value is -3.67. The van der Waals surface area contributed by atoms with Gasteiger partial charge in [-0.25, -0.2) is 4.40 Å². The van der Waals surface area contributed by atoms with E-state index in [1.807, 2.05) is 54.6 Å². The second kappa shape index (κ2) is 10.7. The molecular weight excluding hydrogens is 546 g/mol. The summed E-state index contributed by atoms with van der Waals surface area (Å²) in [5, 5.41) is 13.0. The van der Waals surface area contributed by atoms with E-state index in [0.29, 0.717) is 53.8 Å². The quantitative estimate of drug-likeness (QED) is 0.262. The van der Waals surface area contributed by atoms with E-state index in [0.717, 1.165) is 20.8 Å². The van der Waals surface area contributed by atoms with Crippen molar-refractivity contribution in [3.8, 4) is 5.75 Å². The van der Waals surface area contributed by atoms with Crippen molar-refractivity contribution in [2.75, 3.05) is 18.2 Å². The number of thiophene rings is 1. The fraction of sp³-hybridized carbons (Fsp3) is 0.310. The molecule has 1 aliphatic heterocycles. The monoisotopic (exact) mass is 575 g/mol. The minimum atomic E-state index is -0.361. The zero-order valence-corrected chi connectivity index (χ0v) is 24.1. The molecular formula is C29H29N5O4S2. The molecule has 1 aliphatic rings. The van der Waals surface area contributed by atoms with Crippen LogP contribution in [0, 0.1) is 0 Å². The zero-order valence-electron chi connectivity index (χ0n) is 22.5. The standard InChI is InChI=1S/C29H29N5O4S2/c1-29(2)15-21-22(16-38-29)40-26-24(21)25(36)33(13-12-18-8-5-4-6-9-18)27-31-32-28(34(26)27)39-17-23(35)30-19-10-7-11-20(14-19)37-3/h4-11,14H,12-13,15-17H2,1-3H3,(H,30,35). The van der Waals surface area contributed by atoms with Crippen LogP contribution in [0.15, 0.2) is 64.5 Å². The van der Waals surface area contributed by atoms with Crippen molar-refractivity contribution >= 4 is 50.7 Å². The molecule has 0 atom stereocenters. The van der Waals surface area contributed by atoms with Crippen molar-refractivity contribution in [3.05, 3.63) is 81.0 Å². The Morgan fingerprint density at radius 2 is 2.00 bits per heavy atom. The lowest BCUT2D eigenvalue weighted by molar-refractivity contribution is -0.113. The molecule has 0 fully saturated rings. The van der Waals surface area contributed by atoms with Crippen molar-refractivity contribution in [2.24, 2.45) is 0 Å². The van der Waals surface area contributed by atoms with Gasteiger partial charge in [-0.1, -0.05) is 48.2 Å². The number of carbonyl (C=O) groups is 1. The van der Waals surface area contributed by atoms with E-state index in [-0.39, 0.29) is 22.8 Å². The summed E-state index contributed by atoms with van der Waals surface area (Å²) in [6, 6.07) is 17.3. The average molecular weight is 576 g/mol. The molecule has 0 unspecified atom stereocenters. The molecule has 3 aromatic heterocycles. The Balaban J connectivity index is 1.38. The van der Waals surface area contributed by atoms with E-state index in [9.17, 15) is 9.59 Å². The van der Waals surface area contributed by atoms with Gasteiger partial charge in [-0.3, -0.25) is 14.2 Å². The highest BCUT2D eigenvalue weighted by atomic mass is 32.2. The number of benzene rings is 2. The molecule has 206 valence electrons. The van der Waals surface area contributed by atoms with Crippen LogP contribution < -0.4 is 15.6 Å². The number of rotatable bonds is 8. The highest BCUT2D eigenvalue weighted by molar-refractivity contribution is 7.99. The number of nitrogens with one attached hydrogen (secondary N) is 1. The maximum absolute atomic E-state index is 14.0. The number of nitrogens with zero attached hydrogens (tertiary/aromatic N) is 4. The van der Waals surface area contributed by atoms with Crippen LogP contribution in [0.3, 0.4) is 0 Å². The van der Waals surface area contributed by atoms with Gasteiger partial charge < -0.3 is 14.8 Å². The molecule has 9 nitrogen and oxygen atoms in total. The SMILES string of the molecule is COc1cccc(NC(=O)CSc2nnc3n(CCc4ccccc4)c(=O)c4c5c(sc4n23)COC(C)(C)C5)c1. The van der Waals surface area contributed by atoms with Gasteiger partial charge in [0.2, 0.25) is 11.7 Å². The zero-order chi connectivity index (χ0) is 27.9. The summed E-state index contributed by atoms with van der Waals surface area (Å²) in [6.07, 6.45) is 1.33. The predicted octanol–water partition coefficient (Wildman–Crippen LogP) is 4.94. The number of hydrogen-bond donors (Lipinski definition) is 1. The van der Waals surface area contributed by atoms with Crippen LogP contribution in [0.2, 0.25) is 0 Å². The predicted molar refractivity (Wildman–Crippen MR) is 158 cm³/mol. The number of amides is 1. The number of carbonyl (C=O) groups excluding carboxylic acids is 1. The van der Waals surface area contributed by atoms with Crippen LogP contribution in [0.25, 0.3) is 16.0 Å². The number of fused-ring (bicyclic) bond motifs is 5. The Bertz CT molecular complexity index is 1770. The molecule has 11 heteroatoms. The van der Waals surface area contributed by atoms with Gasteiger partial charge in [0.05, 0.1) is 30.5 Å². The average Bonchev–Trinajstić information content (AvgIpc) is 3.53. The maximum Gasteiger partial charge on any atom is 0.263 e. The third-order valence-electron chi connectivity index (χ3n) is 6.94. The first-order valence-electron chi connectivity index (χ1n) is 13.0. The fourth-order valence-electron chi connectivity index (χ4n) is 4.97. The van der Waals surface area contributed by atoms with Gasteiger partial charge in [0.15, 0.2) is 5.16 Å². The number of aromatic nitrogens is 4. The van der Waals surface area contributed by atoms with Crippen molar-refractivity contribution in [1.29, 1.82) is 0 Å². The van der Waals surface area contributed by atoms with E-state index in [1.165, 1.54) is 11.8 Å². The molecule has 0 saturated carbocycles. The van der Waals surface area contributed by atoms with Gasteiger partial charge in [0, 0.05) is 29.6 Å². The third-order valence-corrected chi connectivity index (χ3v) is 9.06. The molecule has 40 heavy (non-hydrogen) atoms. The van der Waals surface area contributed by atoms with Gasteiger partial charge in [0.25, 0.3) is 5.56 Å². The van der Waals surface area contributed by atoms with Crippen molar-refractivity contribution in [2.45, 2.75) is 50.6 Å². The van der Waals surface area contributed by atoms with E-state index in [2.05, 4.69) is 27.6 Å². The summed E-state index contributed by atoms with van der Waals surface area (Å²) < 4.78 is 15.0. The van der Waals surface area contributed by atoms with Gasteiger partial charge >= 0.3 is 0 Å². The number of anilines is 1. The molecule has 0 radical (unpaired) electrons. The highest BCUT2D eigenvalue weighted by Crippen LogP contribution is 2.38. The molecule has 0 saturated heterocycles. The summed E-state index contributed by atoms with van der Waals surface area (Å²) in [6.45, 7) is 5.02. The van der Waals surface area contributed by atoms with Crippen LogP contribution in [0.5, 0.6) is 5.75 Å². The van der Waals surface area contributed by atoms with Gasteiger partial charge in [-0.05, 0) is 43.5 Å². The fourth-order valence-corrected chi connectivity index (χ4v) is 6.98. The topological polar surface area (TPSA) is 99.7 Å². The molecule has 0 aliphatic carbocycles. The maximum atomic E-state index is 14.0. The van der Waals surface area contributed by atoms with Gasteiger partial charge in [-0.2, -0.15) is 0 Å². The number of thioether (sulfide) groups is 1. The summed E-state index contributed by atoms with van der Waals surface area (Å²) in [4.78, 5) is 28.7. The van der Waals surface area contributed by atoms with Crippen LogP contribution in [-0.2, 0) is 35.5 Å². The van der Waals surface area contributed by atoms with E-state index >= 15 is 0 Å². The first kappa shape index (κ1) is 26.5. The molecule has 0 bridgehead atoms. The van der Waals surface area contributed by atoms with E-state index in [4.69, 9.17) is 9.47 Å². The van der Waals surface area contributed by atoms with Crippen LogP contribution in [0.1, 0.15) is 29.9 Å². The summed E-state index contributed by atoms with van der Waals surface area (Å²) >= 11 is 2.83. The number of hydrogen-bond acceptors (Lipinski definition) is 8. The number of aryl methyl sites for hydroxylation is 2. The summed E-state index contributed by atoms with van der Waals surface area (Å²) in [5.74, 6) is 1.09. The molecule has 5 aromatic rings. The van der Waals surface area contributed by atoms with Crippen molar-refractivity contribution in [1.82, 2.24) is 19.2 Å². The van der Waals surface area contributed by atoms with Crippen LogP contribution in [-0.4, -0.2) is 43.5 Å². The van der Waals surface area contributed by atoms with Gasteiger partial charge in [0.1, 0.15) is 10.6 Å². The van der Waals surface area contributed by atoms with E-state index < -0.39 is 0 Å². The molecule has 6 rings (SSSR count).